The van der Waals surface area contributed by atoms with Crippen molar-refractivity contribution < 1.29 is 4.79 Å². The van der Waals surface area contributed by atoms with Gasteiger partial charge in [-0.15, -0.1) is 21.5 Å². The largest absolute Gasteiger partial charge is 0.325 e. The molecule has 0 spiro atoms. The number of anilines is 1. The van der Waals surface area contributed by atoms with Gasteiger partial charge in [-0.1, -0.05) is 30.0 Å². The van der Waals surface area contributed by atoms with Gasteiger partial charge in [-0.2, -0.15) is 0 Å². The molecule has 1 fully saturated rings. The molecule has 5 nitrogen and oxygen atoms in total. The minimum absolute atomic E-state index is 0.0150. The second-order valence-electron chi connectivity index (χ2n) is 6.84. The Bertz CT molecular complexity index is 945. The molecule has 4 rings (SSSR count). The molecule has 2 heterocycles. The lowest BCUT2D eigenvalue weighted by Crippen LogP contribution is -2.15. The van der Waals surface area contributed by atoms with Crippen LogP contribution in [0.3, 0.4) is 0 Å². The summed E-state index contributed by atoms with van der Waals surface area (Å²) in [4.78, 5) is 13.7. The van der Waals surface area contributed by atoms with Crippen LogP contribution >= 0.6 is 23.1 Å². The summed E-state index contributed by atoms with van der Waals surface area (Å²) in [5.74, 6) is 1.31. The van der Waals surface area contributed by atoms with Crippen LogP contribution in [-0.2, 0) is 11.2 Å². The van der Waals surface area contributed by atoms with E-state index in [9.17, 15) is 4.79 Å². The van der Waals surface area contributed by atoms with Crippen molar-refractivity contribution in [1.29, 1.82) is 0 Å². The molecule has 1 aliphatic carbocycles. The zero-order valence-corrected chi connectivity index (χ0v) is 17.1. The molecule has 0 radical (unpaired) electrons. The monoisotopic (exact) mass is 398 g/mol. The molecular weight excluding hydrogens is 376 g/mol. The maximum Gasteiger partial charge on any atom is 0.234 e. The van der Waals surface area contributed by atoms with Gasteiger partial charge in [-0.3, -0.25) is 4.79 Å². The first-order chi connectivity index (χ1) is 13.1. The van der Waals surface area contributed by atoms with Gasteiger partial charge in [0.15, 0.2) is 5.16 Å². The molecule has 1 saturated carbocycles. The molecule has 7 heteroatoms. The first-order valence-electron chi connectivity index (χ1n) is 9.07. The van der Waals surface area contributed by atoms with Crippen molar-refractivity contribution in [2.45, 2.75) is 44.3 Å². The smallest absolute Gasteiger partial charge is 0.234 e. The number of rotatable bonds is 7. The number of carbonyl (C=O) groups is 1. The molecule has 140 valence electrons. The first-order valence-corrected chi connectivity index (χ1v) is 10.9. The third kappa shape index (κ3) is 4.25. The van der Waals surface area contributed by atoms with E-state index in [2.05, 4.69) is 37.6 Å². The summed E-state index contributed by atoms with van der Waals surface area (Å²) in [6, 6.07) is 10.6. The SMILES string of the molecule is Cc1cccc(NC(=O)CSc2nnc(Cc3cccs3)n2C2CC2)c1C. The molecule has 1 aromatic carbocycles. The van der Waals surface area contributed by atoms with Crippen LogP contribution in [0.2, 0.25) is 0 Å². The zero-order valence-electron chi connectivity index (χ0n) is 15.4. The van der Waals surface area contributed by atoms with E-state index in [0.29, 0.717) is 11.8 Å². The summed E-state index contributed by atoms with van der Waals surface area (Å²) in [5, 5.41) is 14.7. The van der Waals surface area contributed by atoms with Crippen molar-refractivity contribution in [2.75, 3.05) is 11.1 Å². The fourth-order valence-electron chi connectivity index (χ4n) is 3.00. The van der Waals surface area contributed by atoms with Gasteiger partial charge in [0.1, 0.15) is 5.82 Å². The van der Waals surface area contributed by atoms with E-state index in [1.165, 1.54) is 22.2 Å². The van der Waals surface area contributed by atoms with Gasteiger partial charge in [0.05, 0.1) is 5.75 Å². The number of thioether (sulfide) groups is 1. The number of amides is 1. The number of nitrogens with one attached hydrogen (secondary N) is 1. The molecule has 1 N–H and O–H groups in total. The first kappa shape index (κ1) is 18.3. The van der Waals surface area contributed by atoms with Gasteiger partial charge in [0.25, 0.3) is 0 Å². The summed E-state index contributed by atoms with van der Waals surface area (Å²) in [6.45, 7) is 4.08. The number of thiophene rings is 1. The summed E-state index contributed by atoms with van der Waals surface area (Å²) < 4.78 is 2.23. The van der Waals surface area contributed by atoms with E-state index in [4.69, 9.17) is 0 Å². The quantitative estimate of drug-likeness (QED) is 0.590. The van der Waals surface area contributed by atoms with Crippen LogP contribution in [0.25, 0.3) is 0 Å². The number of aromatic nitrogens is 3. The molecule has 0 unspecified atom stereocenters. The van der Waals surface area contributed by atoms with E-state index < -0.39 is 0 Å². The maximum absolute atomic E-state index is 12.4. The maximum atomic E-state index is 12.4. The Morgan fingerprint density at radius 1 is 1.26 bits per heavy atom. The lowest BCUT2D eigenvalue weighted by Gasteiger charge is -2.11. The van der Waals surface area contributed by atoms with Gasteiger partial charge >= 0.3 is 0 Å². The third-order valence-electron chi connectivity index (χ3n) is 4.77. The number of carbonyl (C=O) groups excluding carboxylic acids is 1. The van der Waals surface area contributed by atoms with Crippen LogP contribution in [0.15, 0.2) is 40.9 Å². The number of nitrogens with zero attached hydrogens (tertiary/aromatic N) is 3. The van der Waals surface area contributed by atoms with Crippen molar-refractivity contribution in [3.8, 4) is 0 Å². The number of benzene rings is 1. The standard InChI is InChI=1S/C20H22N4OS2/c1-13-5-3-7-17(14(13)2)21-19(25)12-27-20-23-22-18(24(20)15-8-9-15)11-16-6-4-10-26-16/h3-7,10,15H,8-9,11-12H2,1-2H3,(H,21,25). The zero-order chi connectivity index (χ0) is 18.8. The molecule has 27 heavy (non-hydrogen) atoms. The van der Waals surface area contributed by atoms with E-state index in [1.54, 1.807) is 11.3 Å². The molecule has 0 atom stereocenters. The van der Waals surface area contributed by atoms with Crippen molar-refractivity contribution in [2.24, 2.45) is 0 Å². The molecule has 0 aliphatic heterocycles. The molecule has 2 aromatic heterocycles. The highest BCUT2D eigenvalue weighted by molar-refractivity contribution is 7.99. The summed E-state index contributed by atoms with van der Waals surface area (Å²) in [6.07, 6.45) is 3.13. The van der Waals surface area contributed by atoms with Crippen LogP contribution in [0, 0.1) is 13.8 Å². The topological polar surface area (TPSA) is 59.8 Å². The van der Waals surface area contributed by atoms with Crippen LogP contribution in [0.1, 0.15) is 40.7 Å². The normalized spacial score (nSPS) is 13.7. The molecule has 0 bridgehead atoms. The highest BCUT2D eigenvalue weighted by Crippen LogP contribution is 2.39. The van der Waals surface area contributed by atoms with Crippen LogP contribution < -0.4 is 5.32 Å². The van der Waals surface area contributed by atoms with Gasteiger partial charge in [0.2, 0.25) is 5.91 Å². The minimum Gasteiger partial charge on any atom is -0.325 e. The van der Waals surface area contributed by atoms with Crippen molar-refractivity contribution in [3.63, 3.8) is 0 Å². The number of aryl methyl sites for hydroxylation is 1. The van der Waals surface area contributed by atoms with E-state index in [-0.39, 0.29) is 5.91 Å². The average Bonchev–Trinajstić information content (AvgIpc) is 3.20. The molecule has 3 aromatic rings. The van der Waals surface area contributed by atoms with E-state index >= 15 is 0 Å². The highest BCUT2D eigenvalue weighted by atomic mass is 32.2. The van der Waals surface area contributed by atoms with Crippen LogP contribution in [0.5, 0.6) is 0 Å². The summed E-state index contributed by atoms with van der Waals surface area (Å²) in [7, 11) is 0. The predicted molar refractivity (Wildman–Crippen MR) is 111 cm³/mol. The average molecular weight is 399 g/mol. The number of hydrogen-bond acceptors (Lipinski definition) is 5. The van der Waals surface area contributed by atoms with Crippen LogP contribution in [-0.4, -0.2) is 26.4 Å². The van der Waals surface area contributed by atoms with Crippen molar-refractivity contribution >= 4 is 34.7 Å². The Kier molecular flexibility index (Phi) is 5.31. The third-order valence-corrected chi connectivity index (χ3v) is 6.59. The lowest BCUT2D eigenvalue weighted by atomic mass is 10.1. The highest BCUT2D eigenvalue weighted by Gasteiger charge is 2.30. The van der Waals surface area contributed by atoms with Gasteiger partial charge < -0.3 is 9.88 Å². The second-order valence-corrected chi connectivity index (χ2v) is 8.82. The Morgan fingerprint density at radius 2 is 2.11 bits per heavy atom. The molecule has 1 aliphatic rings. The fraction of sp³-hybridized carbons (Fsp3) is 0.350. The second kappa shape index (κ2) is 7.86. The Balaban J connectivity index is 1.43. The fourth-order valence-corrected chi connectivity index (χ4v) is 4.52. The van der Waals surface area contributed by atoms with Crippen molar-refractivity contribution in [1.82, 2.24) is 14.8 Å². The summed E-state index contributed by atoms with van der Waals surface area (Å²) >= 11 is 3.20. The van der Waals surface area contributed by atoms with Crippen molar-refractivity contribution in [3.05, 3.63) is 57.5 Å². The van der Waals surface area contributed by atoms with Gasteiger partial charge in [-0.05, 0) is 55.3 Å². The number of hydrogen-bond donors (Lipinski definition) is 1. The summed E-state index contributed by atoms with van der Waals surface area (Å²) in [5.41, 5.74) is 3.16. The molecule has 1 amide bonds. The lowest BCUT2D eigenvalue weighted by molar-refractivity contribution is -0.113. The van der Waals surface area contributed by atoms with Gasteiger partial charge in [-0.25, -0.2) is 0 Å². The Labute approximate surface area is 167 Å². The predicted octanol–water partition coefficient (Wildman–Crippen LogP) is 4.61. The Morgan fingerprint density at radius 3 is 2.85 bits per heavy atom. The van der Waals surface area contributed by atoms with E-state index in [0.717, 1.165) is 41.5 Å². The van der Waals surface area contributed by atoms with E-state index in [1.807, 2.05) is 32.0 Å². The minimum atomic E-state index is -0.0150. The molecular formula is C20H22N4OS2. The van der Waals surface area contributed by atoms with Gasteiger partial charge in [0, 0.05) is 23.0 Å². The van der Waals surface area contributed by atoms with Crippen LogP contribution in [0.4, 0.5) is 5.69 Å². The molecule has 0 saturated heterocycles. The Hall–Kier alpha value is -2.12.